The van der Waals surface area contributed by atoms with E-state index < -0.39 is 4.92 Å². The number of benzene rings is 2. The Balaban J connectivity index is 1.67. The third-order valence-electron chi connectivity index (χ3n) is 6.85. The highest BCUT2D eigenvalue weighted by molar-refractivity contribution is 6.04. The van der Waals surface area contributed by atoms with Gasteiger partial charge in [-0.05, 0) is 43.4 Å². The van der Waals surface area contributed by atoms with Crippen LogP contribution in [0.25, 0.3) is 17.0 Å². The molecule has 174 valence electrons. The standard InChI is InChI=1S/C27H28N4O3/c1-18-7-3-5-9-25(18)29-27(32)21(16-28)15-24-19(2)30(26-10-6-4-8-23(24)26)17-20-11-13-22(14-12-20)31(33)34/h4,6,8,10-15,18,25H,3,5,7,9,17H2,1-2H3,(H,29,32)/b21-15+/t18-,25+/m0/s1. The number of hydrogen-bond donors (Lipinski definition) is 1. The molecule has 1 amide bonds. The molecule has 1 N–H and O–H groups in total. The fourth-order valence-corrected chi connectivity index (χ4v) is 4.82. The third-order valence-corrected chi connectivity index (χ3v) is 6.85. The van der Waals surface area contributed by atoms with E-state index in [1.165, 1.54) is 18.6 Å². The molecule has 7 heteroatoms. The summed E-state index contributed by atoms with van der Waals surface area (Å²) in [5, 5.41) is 24.8. The lowest BCUT2D eigenvalue weighted by Gasteiger charge is -2.29. The molecule has 3 aromatic rings. The Labute approximate surface area is 198 Å². The number of nitro groups is 1. The van der Waals surface area contributed by atoms with E-state index in [-0.39, 0.29) is 23.2 Å². The highest BCUT2D eigenvalue weighted by atomic mass is 16.6. The average molecular weight is 457 g/mol. The van der Waals surface area contributed by atoms with Crippen molar-refractivity contribution in [2.24, 2.45) is 5.92 Å². The molecule has 1 aromatic heterocycles. The van der Waals surface area contributed by atoms with Crippen molar-refractivity contribution in [1.82, 2.24) is 9.88 Å². The minimum atomic E-state index is -0.411. The van der Waals surface area contributed by atoms with Gasteiger partial charge in [-0.2, -0.15) is 5.26 Å². The molecule has 7 nitrogen and oxygen atoms in total. The molecule has 0 bridgehead atoms. The lowest BCUT2D eigenvalue weighted by atomic mass is 9.86. The van der Waals surface area contributed by atoms with Gasteiger partial charge in [0, 0.05) is 46.9 Å². The van der Waals surface area contributed by atoms with Crippen LogP contribution in [0, 0.1) is 34.3 Å². The number of carbonyl (C=O) groups excluding carboxylic acids is 1. The van der Waals surface area contributed by atoms with Crippen LogP contribution in [0.5, 0.6) is 0 Å². The number of fused-ring (bicyclic) bond motifs is 1. The van der Waals surface area contributed by atoms with Gasteiger partial charge < -0.3 is 9.88 Å². The topological polar surface area (TPSA) is 101 Å². The summed E-state index contributed by atoms with van der Waals surface area (Å²) in [6, 6.07) is 16.6. The number of rotatable bonds is 6. The molecule has 0 saturated heterocycles. The monoisotopic (exact) mass is 456 g/mol. The van der Waals surface area contributed by atoms with Gasteiger partial charge in [0.05, 0.1) is 4.92 Å². The first-order chi connectivity index (χ1) is 16.4. The SMILES string of the molecule is Cc1c(/C=C(\C#N)C(=O)N[C@@H]2CCCC[C@@H]2C)c2ccccc2n1Cc1ccc([N+](=O)[O-])cc1. The van der Waals surface area contributed by atoms with Gasteiger partial charge >= 0.3 is 0 Å². The van der Waals surface area contributed by atoms with E-state index >= 15 is 0 Å². The molecule has 1 heterocycles. The zero-order valence-electron chi connectivity index (χ0n) is 19.5. The number of hydrogen-bond acceptors (Lipinski definition) is 4. The molecule has 1 aliphatic carbocycles. The Hall–Kier alpha value is -3.92. The van der Waals surface area contributed by atoms with Crippen LogP contribution in [-0.4, -0.2) is 21.4 Å². The summed E-state index contributed by atoms with van der Waals surface area (Å²) < 4.78 is 2.11. The summed E-state index contributed by atoms with van der Waals surface area (Å²) in [6.45, 7) is 4.63. The van der Waals surface area contributed by atoms with Gasteiger partial charge in [0.2, 0.25) is 0 Å². The second-order valence-electron chi connectivity index (χ2n) is 9.04. The maximum absolute atomic E-state index is 13.0. The number of amides is 1. The van der Waals surface area contributed by atoms with E-state index in [9.17, 15) is 20.2 Å². The lowest BCUT2D eigenvalue weighted by molar-refractivity contribution is -0.384. The summed E-state index contributed by atoms with van der Waals surface area (Å²) in [5.74, 6) is 0.0795. The van der Waals surface area contributed by atoms with E-state index in [0.717, 1.165) is 47.0 Å². The van der Waals surface area contributed by atoms with Gasteiger partial charge in [-0.15, -0.1) is 0 Å². The first-order valence-electron chi connectivity index (χ1n) is 11.6. The van der Waals surface area contributed by atoms with Crippen LogP contribution >= 0.6 is 0 Å². The van der Waals surface area contributed by atoms with E-state index in [0.29, 0.717) is 12.5 Å². The maximum atomic E-state index is 13.0. The summed E-state index contributed by atoms with van der Waals surface area (Å²) in [7, 11) is 0. The van der Waals surface area contributed by atoms with Crippen LogP contribution in [0.15, 0.2) is 54.1 Å². The first-order valence-corrected chi connectivity index (χ1v) is 11.6. The fourth-order valence-electron chi connectivity index (χ4n) is 4.82. The predicted octanol–water partition coefficient (Wildman–Crippen LogP) is 5.51. The van der Waals surface area contributed by atoms with Gasteiger partial charge in [-0.1, -0.05) is 50.1 Å². The highest BCUT2D eigenvalue weighted by Crippen LogP contribution is 2.29. The maximum Gasteiger partial charge on any atom is 0.269 e. The Morgan fingerprint density at radius 2 is 1.91 bits per heavy atom. The van der Waals surface area contributed by atoms with Crippen molar-refractivity contribution >= 4 is 28.6 Å². The van der Waals surface area contributed by atoms with Gasteiger partial charge in [0.25, 0.3) is 11.6 Å². The third kappa shape index (κ3) is 4.72. The molecule has 2 aromatic carbocycles. The predicted molar refractivity (Wildman–Crippen MR) is 132 cm³/mol. The molecular formula is C27H28N4O3. The molecule has 0 aliphatic heterocycles. The van der Waals surface area contributed by atoms with Gasteiger partial charge in [-0.25, -0.2) is 0 Å². The van der Waals surface area contributed by atoms with E-state index in [1.54, 1.807) is 18.2 Å². The molecule has 1 aliphatic rings. The first kappa shape index (κ1) is 23.2. The van der Waals surface area contributed by atoms with Crippen LogP contribution in [0.1, 0.15) is 49.4 Å². The van der Waals surface area contributed by atoms with Crippen molar-refractivity contribution in [1.29, 1.82) is 5.26 Å². The van der Waals surface area contributed by atoms with Crippen molar-refractivity contribution in [3.8, 4) is 6.07 Å². The van der Waals surface area contributed by atoms with Crippen molar-refractivity contribution in [2.45, 2.75) is 52.1 Å². The number of aromatic nitrogens is 1. The van der Waals surface area contributed by atoms with Crippen LogP contribution in [0.2, 0.25) is 0 Å². The van der Waals surface area contributed by atoms with E-state index in [4.69, 9.17) is 0 Å². The van der Waals surface area contributed by atoms with E-state index in [1.807, 2.05) is 31.2 Å². The molecule has 0 spiro atoms. The summed E-state index contributed by atoms with van der Waals surface area (Å²) in [5.41, 5.74) is 3.81. The molecule has 2 atom stereocenters. The van der Waals surface area contributed by atoms with Crippen molar-refractivity contribution in [3.63, 3.8) is 0 Å². The Bertz CT molecular complexity index is 1300. The molecule has 0 radical (unpaired) electrons. The number of nitrogens with zero attached hydrogens (tertiary/aromatic N) is 3. The summed E-state index contributed by atoms with van der Waals surface area (Å²) in [4.78, 5) is 23.5. The van der Waals surface area contributed by atoms with Crippen molar-refractivity contribution in [2.75, 3.05) is 0 Å². The smallest absolute Gasteiger partial charge is 0.269 e. The number of non-ortho nitro benzene ring substituents is 1. The normalized spacial score (nSPS) is 18.4. The molecule has 1 saturated carbocycles. The second-order valence-corrected chi connectivity index (χ2v) is 9.04. The molecular weight excluding hydrogens is 428 g/mol. The number of nitriles is 1. The molecule has 0 unspecified atom stereocenters. The zero-order chi connectivity index (χ0) is 24.2. The average Bonchev–Trinajstić information content (AvgIpc) is 3.10. The van der Waals surface area contributed by atoms with Crippen molar-refractivity contribution < 1.29 is 9.72 Å². The van der Waals surface area contributed by atoms with Crippen molar-refractivity contribution in [3.05, 3.63) is 81.0 Å². The molecule has 34 heavy (non-hydrogen) atoms. The van der Waals surface area contributed by atoms with Gasteiger partial charge in [0.1, 0.15) is 11.6 Å². The minimum Gasteiger partial charge on any atom is -0.348 e. The number of carbonyl (C=O) groups is 1. The van der Waals surface area contributed by atoms with Gasteiger partial charge in [-0.3, -0.25) is 14.9 Å². The minimum absolute atomic E-state index is 0.0541. The Morgan fingerprint density at radius 3 is 2.59 bits per heavy atom. The summed E-state index contributed by atoms with van der Waals surface area (Å²) >= 11 is 0. The highest BCUT2D eigenvalue weighted by Gasteiger charge is 2.24. The summed E-state index contributed by atoms with van der Waals surface area (Å²) in [6.07, 6.45) is 6.00. The van der Waals surface area contributed by atoms with Gasteiger partial charge in [0.15, 0.2) is 0 Å². The van der Waals surface area contributed by atoms with E-state index in [2.05, 4.69) is 22.9 Å². The lowest BCUT2D eigenvalue weighted by Crippen LogP contribution is -2.41. The zero-order valence-corrected chi connectivity index (χ0v) is 19.5. The van der Waals surface area contributed by atoms with Crippen LogP contribution in [-0.2, 0) is 11.3 Å². The molecule has 1 fully saturated rings. The van der Waals surface area contributed by atoms with Crippen LogP contribution < -0.4 is 5.32 Å². The Kier molecular flexibility index (Phi) is 6.78. The second kappa shape index (κ2) is 9.92. The fraction of sp³-hybridized carbons (Fsp3) is 0.333. The largest absolute Gasteiger partial charge is 0.348 e. The Morgan fingerprint density at radius 1 is 1.21 bits per heavy atom. The number of nitrogens with one attached hydrogen (secondary N) is 1. The molecule has 4 rings (SSSR count). The number of nitro benzene ring substituents is 1. The van der Waals surface area contributed by atoms with Crippen LogP contribution in [0.3, 0.4) is 0 Å². The van der Waals surface area contributed by atoms with Crippen LogP contribution in [0.4, 0.5) is 5.69 Å². The number of para-hydroxylation sites is 1. The quantitative estimate of drug-likeness (QED) is 0.229.